The Morgan fingerprint density at radius 2 is 1.96 bits per heavy atom. The summed E-state index contributed by atoms with van der Waals surface area (Å²) in [5.74, 6) is 1.41. The van der Waals surface area contributed by atoms with Gasteiger partial charge >= 0.3 is 0 Å². The molecule has 0 aliphatic heterocycles. The van der Waals surface area contributed by atoms with Gasteiger partial charge in [-0.05, 0) is 91.3 Å². The lowest BCUT2D eigenvalue weighted by Gasteiger charge is -2.55. The molecular formula is C25H42N2. The van der Waals surface area contributed by atoms with Crippen molar-refractivity contribution in [2.45, 2.75) is 96.9 Å². The van der Waals surface area contributed by atoms with Crippen molar-refractivity contribution in [3.63, 3.8) is 0 Å². The minimum absolute atomic E-state index is 0.325. The lowest BCUT2D eigenvalue weighted by Crippen LogP contribution is -2.52. The van der Waals surface area contributed by atoms with E-state index in [4.69, 9.17) is 5.73 Å². The molecule has 1 aromatic carbocycles. The Morgan fingerprint density at radius 3 is 2.67 bits per heavy atom. The molecule has 2 aliphatic rings. The van der Waals surface area contributed by atoms with Crippen LogP contribution >= 0.6 is 0 Å². The smallest absolute Gasteiger partial charge is 0.00109 e. The summed E-state index contributed by atoms with van der Waals surface area (Å²) < 4.78 is 0. The number of hydrogen-bond donors (Lipinski definition) is 2. The monoisotopic (exact) mass is 370 g/mol. The Kier molecular flexibility index (Phi) is 6.37. The van der Waals surface area contributed by atoms with Crippen LogP contribution in [0, 0.1) is 11.3 Å². The van der Waals surface area contributed by atoms with Crippen LogP contribution in [-0.2, 0) is 11.8 Å². The average molecular weight is 371 g/mol. The Morgan fingerprint density at radius 1 is 1.19 bits per heavy atom. The molecule has 27 heavy (non-hydrogen) atoms. The van der Waals surface area contributed by atoms with Crippen LogP contribution in [0.25, 0.3) is 0 Å². The van der Waals surface area contributed by atoms with Crippen LogP contribution in [0.2, 0.25) is 0 Å². The van der Waals surface area contributed by atoms with E-state index in [1.54, 1.807) is 11.1 Å². The summed E-state index contributed by atoms with van der Waals surface area (Å²) in [5.41, 5.74) is 11.5. The molecule has 152 valence electrons. The van der Waals surface area contributed by atoms with Crippen molar-refractivity contribution in [1.82, 2.24) is 5.32 Å². The highest BCUT2D eigenvalue weighted by atomic mass is 14.9. The van der Waals surface area contributed by atoms with Gasteiger partial charge < -0.3 is 11.1 Å². The molecule has 1 saturated carbocycles. The molecule has 1 fully saturated rings. The van der Waals surface area contributed by atoms with Gasteiger partial charge in [-0.1, -0.05) is 52.3 Å². The second-order valence-corrected chi connectivity index (χ2v) is 10.4. The summed E-state index contributed by atoms with van der Waals surface area (Å²) in [5, 5.41) is 3.79. The first-order valence-corrected chi connectivity index (χ1v) is 11.4. The maximum absolute atomic E-state index is 5.89. The topological polar surface area (TPSA) is 38.0 Å². The van der Waals surface area contributed by atoms with Gasteiger partial charge in [0.05, 0.1) is 0 Å². The van der Waals surface area contributed by atoms with Gasteiger partial charge in [0.1, 0.15) is 0 Å². The fraction of sp³-hybridized carbons (Fsp3) is 0.760. The summed E-state index contributed by atoms with van der Waals surface area (Å²) >= 11 is 0. The van der Waals surface area contributed by atoms with Gasteiger partial charge in [-0.15, -0.1) is 0 Å². The number of hydrogen-bond acceptors (Lipinski definition) is 2. The van der Waals surface area contributed by atoms with Gasteiger partial charge in [0.25, 0.3) is 0 Å². The van der Waals surface area contributed by atoms with Crippen molar-refractivity contribution in [3.8, 4) is 0 Å². The van der Waals surface area contributed by atoms with Crippen molar-refractivity contribution >= 4 is 0 Å². The van der Waals surface area contributed by atoms with Gasteiger partial charge in [-0.3, -0.25) is 0 Å². The van der Waals surface area contributed by atoms with Gasteiger partial charge in [0.2, 0.25) is 0 Å². The van der Waals surface area contributed by atoms with Gasteiger partial charge in [0.15, 0.2) is 0 Å². The zero-order chi connectivity index (χ0) is 19.7. The van der Waals surface area contributed by atoms with Crippen LogP contribution in [0.5, 0.6) is 0 Å². The van der Waals surface area contributed by atoms with E-state index in [0.717, 1.165) is 25.4 Å². The fourth-order valence-electron chi connectivity index (χ4n) is 6.14. The van der Waals surface area contributed by atoms with Crippen molar-refractivity contribution in [2.75, 3.05) is 13.1 Å². The van der Waals surface area contributed by atoms with Crippen molar-refractivity contribution < 1.29 is 0 Å². The third-order valence-corrected chi connectivity index (χ3v) is 7.71. The highest BCUT2D eigenvalue weighted by Gasteiger charge is 2.51. The van der Waals surface area contributed by atoms with Gasteiger partial charge in [-0.2, -0.15) is 0 Å². The molecular weight excluding hydrogens is 328 g/mol. The van der Waals surface area contributed by atoms with Crippen LogP contribution in [0.4, 0.5) is 0 Å². The highest BCUT2D eigenvalue weighted by Crippen LogP contribution is 2.57. The molecule has 0 radical (unpaired) electrons. The lowest BCUT2D eigenvalue weighted by molar-refractivity contribution is 0.0260. The zero-order valence-electron chi connectivity index (χ0n) is 18.4. The van der Waals surface area contributed by atoms with E-state index in [0.29, 0.717) is 22.8 Å². The molecule has 3 N–H and O–H groups in total. The predicted molar refractivity (Wildman–Crippen MR) is 117 cm³/mol. The molecule has 0 heterocycles. The van der Waals surface area contributed by atoms with Crippen LogP contribution < -0.4 is 11.1 Å². The van der Waals surface area contributed by atoms with Crippen molar-refractivity contribution in [1.29, 1.82) is 0 Å². The molecule has 0 bridgehead atoms. The minimum Gasteiger partial charge on any atom is -0.328 e. The SMILES string of the molecule is CC(N)CCCNC[C@]1(C)CCC[C@]2(C)c3ccc(C(C)C)cc3CC[C@@H]12. The molecule has 0 aromatic heterocycles. The predicted octanol–water partition coefficient (Wildman–Crippen LogP) is 5.54. The summed E-state index contributed by atoms with van der Waals surface area (Å²) in [4.78, 5) is 0. The third kappa shape index (κ3) is 4.27. The maximum atomic E-state index is 5.89. The molecule has 2 heteroatoms. The Balaban J connectivity index is 1.75. The van der Waals surface area contributed by atoms with Crippen LogP contribution in [-0.4, -0.2) is 19.1 Å². The van der Waals surface area contributed by atoms with E-state index in [-0.39, 0.29) is 0 Å². The highest BCUT2D eigenvalue weighted by molar-refractivity contribution is 5.42. The number of rotatable bonds is 7. The average Bonchev–Trinajstić information content (AvgIpc) is 2.60. The molecule has 2 aliphatic carbocycles. The molecule has 3 rings (SSSR count). The van der Waals surface area contributed by atoms with Crippen molar-refractivity contribution in [2.24, 2.45) is 17.1 Å². The minimum atomic E-state index is 0.325. The van der Waals surface area contributed by atoms with E-state index < -0.39 is 0 Å². The molecule has 0 amide bonds. The molecule has 0 saturated heterocycles. The number of nitrogens with one attached hydrogen (secondary N) is 1. The molecule has 2 nitrogen and oxygen atoms in total. The van der Waals surface area contributed by atoms with Crippen LogP contribution in [0.1, 0.15) is 95.8 Å². The van der Waals surface area contributed by atoms with E-state index in [1.807, 2.05) is 0 Å². The molecule has 1 unspecified atom stereocenters. The van der Waals surface area contributed by atoms with Gasteiger partial charge in [0, 0.05) is 12.6 Å². The summed E-state index contributed by atoms with van der Waals surface area (Å²) in [6.07, 6.45) is 9.00. The summed E-state index contributed by atoms with van der Waals surface area (Å²) in [6, 6.07) is 7.72. The van der Waals surface area contributed by atoms with Gasteiger partial charge in [-0.25, -0.2) is 0 Å². The van der Waals surface area contributed by atoms with Crippen molar-refractivity contribution in [3.05, 3.63) is 34.9 Å². The molecule has 0 spiro atoms. The Labute approximate surface area is 167 Å². The second-order valence-electron chi connectivity index (χ2n) is 10.4. The number of fused-ring (bicyclic) bond motifs is 3. The Bertz CT molecular complexity index is 635. The number of nitrogens with two attached hydrogens (primary N) is 1. The van der Waals surface area contributed by atoms with Crippen LogP contribution in [0.3, 0.4) is 0 Å². The first-order valence-electron chi connectivity index (χ1n) is 11.4. The van der Waals surface area contributed by atoms with E-state index in [1.165, 1.54) is 44.1 Å². The summed E-state index contributed by atoms with van der Waals surface area (Å²) in [6.45, 7) is 14.1. The standard InChI is InChI=1S/C25H42N2/c1-18(2)20-9-11-22-21(16-20)10-12-23-24(4,13-7-14-25(22,23)5)17-27-15-6-8-19(3)26/h9,11,16,18-19,23,27H,6-8,10,12-15,17,26H2,1-5H3/t19?,23-,24-,25+/m0/s1. The van der Waals surface area contributed by atoms with E-state index >= 15 is 0 Å². The fourth-order valence-corrected chi connectivity index (χ4v) is 6.14. The first kappa shape index (κ1) is 20.9. The quantitative estimate of drug-likeness (QED) is 0.619. The lowest BCUT2D eigenvalue weighted by atomic mass is 9.49. The second kappa shape index (κ2) is 8.25. The van der Waals surface area contributed by atoms with E-state index in [9.17, 15) is 0 Å². The number of benzene rings is 1. The molecule has 1 aromatic rings. The zero-order valence-corrected chi connectivity index (χ0v) is 18.4. The normalized spacial score (nSPS) is 31.4. The van der Waals surface area contributed by atoms with E-state index in [2.05, 4.69) is 58.1 Å². The maximum Gasteiger partial charge on any atom is 0.00109 e. The molecule has 4 atom stereocenters. The first-order chi connectivity index (χ1) is 12.8. The summed E-state index contributed by atoms with van der Waals surface area (Å²) in [7, 11) is 0. The number of aryl methyl sites for hydroxylation is 1. The van der Waals surface area contributed by atoms with Crippen LogP contribution in [0.15, 0.2) is 18.2 Å². The largest absolute Gasteiger partial charge is 0.328 e. The third-order valence-electron chi connectivity index (χ3n) is 7.71. The Hall–Kier alpha value is -0.860.